The lowest BCUT2D eigenvalue weighted by Gasteiger charge is -2.06. The smallest absolute Gasteiger partial charge is 0.358 e. The van der Waals surface area contributed by atoms with Gasteiger partial charge in [0.2, 0.25) is 0 Å². The number of rotatable bonds is 4. The number of carbonyl (C=O) groups is 1. The molecule has 0 bridgehead atoms. The molecule has 2 aromatic heterocycles. The lowest BCUT2D eigenvalue weighted by molar-refractivity contribution is 0.0691. The first kappa shape index (κ1) is 13.5. The Hall–Kier alpha value is -2.47. The van der Waals surface area contributed by atoms with Crippen molar-refractivity contribution in [3.63, 3.8) is 0 Å². The monoisotopic (exact) mass is 299 g/mol. The summed E-state index contributed by atoms with van der Waals surface area (Å²) in [6.07, 6.45) is 0. The summed E-state index contributed by atoms with van der Waals surface area (Å²) >= 11 is 1.48. The van der Waals surface area contributed by atoms with Gasteiger partial charge in [-0.1, -0.05) is 41.1 Å². The summed E-state index contributed by atoms with van der Waals surface area (Å²) in [5.74, 6) is -1.06. The molecule has 0 amide bonds. The Morgan fingerprint density at radius 1 is 1.33 bits per heavy atom. The maximum absolute atomic E-state index is 11.3. The SMILES string of the molecule is Cc1cccc(Cn2nnc(C(=O)O)c2-c2cccs2)c1. The van der Waals surface area contributed by atoms with Crippen LogP contribution < -0.4 is 0 Å². The first-order valence-corrected chi connectivity index (χ1v) is 7.29. The van der Waals surface area contributed by atoms with Crippen LogP contribution in [0.3, 0.4) is 0 Å². The minimum atomic E-state index is -1.06. The lowest BCUT2D eigenvalue weighted by Crippen LogP contribution is -2.05. The predicted octanol–water partition coefficient (Wildman–Crippen LogP) is 3.06. The van der Waals surface area contributed by atoms with Gasteiger partial charge >= 0.3 is 5.97 Å². The van der Waals surface area contributed by atoms with Crippen LogP contribution in [0, 0.1) is 6.92 Å². The van der Waals surface area contributed by atoms with E-state index in [0.717, 1.165) is 16.0 Å². The highest BCUT2D eigenvalue weighted by Crippen LogP contribution is 2.27. The highest BCUT2D eigenvalue weighted by molar-refractivity contribution is 7.13. The maximum atomic E-state index is 11.3. The van der Waals surface area contributed by atoms with Crippen molar-refractivity contribution in [3.8, 4) is 10.6 Å². The molecule has 2 heterocycles. The zero-order chi connectivity index (χ0) is 14.8. The molecule has 5 nitrogen and oxygen atoms in total. The standard InChI is InChI=1S/C15H13N3O2S/c1-10-4-2-5-11(8-10)9-18-14(12-6-3-7-21-12)13(15(19)20)16-17-18/h2-8H,9H2,1H3,(H,19,20). The summed E-state index contributed by atoms with van der Waals surface area (Å²) in [7, 11) is 0. The van der Waals surface area contributed by atoms with Gasteiger partial charge in [-0.25, -0.2) is 9.48 Å². The van der Waals surface area contributed by atoms with E-state index in [4.69, 9.17) is 0 Å². The van der Waals surface area contributed by atoms with E-state index in [2.05, 4.69) is 16.4 Å². The Bertz CT molecular complexity index is 778. The molecule has 0 saturated carbocycles. The number of benzene rings is 1. The summed E-state index contributed by atoms with van der Waals surface area (Å²) in [4.78, 5) is 12.2. The molecule has 0 unspecified atom stereocenters. The fourth-order valence-electron chi connectivity index (χ4n) is 2.21. The maximum Gasteiger partial charge on any atom is 0.358 e. The van der Waals surface area contributed by atoms with Crippen LogP contribution in [-0.2, 0) is 6.54 Å². The van der Waals surface area contributed by atoms with Crippen molar-refractivity contribution in [1.29, 1.82) is 0 Å². The van der Waals surface area contributed by atoms with Crippen molar-refractivity contribution >= 4 is 17.3 Å². The molecule has 0 aliphatic rings. The van der Waals surface area contributed by atoms with Crippen LogP contribution in [0.1, 0.15) is 21.6 Å². The third-order valence-corrected chi connectivity index (χ3v) is 3.98. The van der Waals surface area contributed by atoms with E-state index in [1.807, 2.05) is 42.6 Å². The number of thiophene rings is 1. The van der Waals surface area contributed by atoms with E-state index >= 15 is 0 Å². The summed E-state index contributed by atoms with van der Waals surface area (Å²) in [6.45, 7) is 2.52. The van der Waals surface area contributed by atoms with Crippen molar-refractivity contribution in [2.45, 2.75) is 13.5 Å². The number of carboxylic acid groups (broad SMARTS) is 1. The van der Waals surface area contributed by atoms with Gasteiger partial charge < -0.3 is 5.11 Å². The van der Waals surface area contributed by atoms with Crippen LogP contribution in [0.15, 0.2) is 41.8 Å². The average molecular weight is 299 g/mol. The fraction of sp³-hybridized carbons (Fsp3) is 0.133. The summed E-state index contributed by atoms with van der Waals surface area (Å²) < 4.78 is 1.64. The minimum absolute atomic E-state index is 0.00916. The van der Waals surface area contributed by atoms with Gasteiger partial charge in [0.05, 0.1) is 11.4 Å². The Morgan fingerprint density at radius 3 is 2.86 bits per heavy atom. The van der Waals surface area contributed by atoms with Gasteiger partial charge in [-0.2, -0.15) is 0 Å². The first-order valence-electron chi connectivity index (χ1n) is 6.41. The molecule has 0 spiro atoms. The second-order valence-electron chi connectivity index (χ2n) is 4.72. The number of carboxylic acids is 1. The van der Waals surface area contributed by atoms with Gasteiger partial charge in [0.25, 0.3) is 0 Å². The number of aromatic nitrogens is 3. The summed E-state index contributed by atoms with van der Waals surface area (Å²) in [5, 5.41) is 19.0. The zero-order valence-corrected chi connectivity index (χ0v) is 12.2. The van der Waals surface area contributed by atoms with E-state index in [0.29, 0.717) is 12.2 Å². The molecule has 0 fully saturated rings. The Balaban J connectivity index is 2.05. The molecule has 3 aromatic rings. The molecule has 1 N–H and O–H groups in total. The summed E-state index contributed by atoms with van der Waals surface area (Å²) in [5.41, 5.74) is 2.77. The van der Waals surface area contributed by atoms with Gasteiger partial charge in [-0.15, -0.1) is 16.4 Å². The van der Waals surface area contributed by atoms with Crippen LogP contribution in [0.4, 0.5) is 0 Å². The molecule has 0 atom stereocenters. The third kappa shape index (κ3) is 2.71. The van der Waals surface area contributed by atoms with Gasteiger partial charge in [0, 0.05) is 0 Å². The fourth-order valence-corrected chi connectivity index (χ4v) is 2.98. The van der Waals surface area contributed by atoms with Crippen LogP contribution in [-0.4, -0.2) is 26.1 Å². The number of aromatic carboxylic acids is 1. The number of nitrogens with zero attached hydrogens (tertiary/aromatic N) is 3. The molecule has 0 aliphatic carbocycles. The predicted molar refractivity (Wildman–Crippen MR) is 80.6 cm³/mol. The van der Waals surface area contributed by atoms with E-state index in [-0.39, 0.29) is 5.69 Å². The Morgan fingerprint density at radius 2 is 2.19 bits per heavy atom. The van der Waals surface area contributed by atoms with Crippen molar-refractivity contribution in [1.82, 2.24) is 15.0 Å². The molecule has 0 aliphatic heterocycles. The highest BCUT2D eigenvalue weighted by atomic mass is 32.1. The number of hydrogen-bond donors (Lipinski definition) is 1. The quantitative estimate of drug-likeness (QED) is 0.804. The van der Waals surface area contributed by atoms with Crippen LogP contribution in [0.25, 0.3) is 10.6 Å². The van der Waals surface area contributed by atoms with Crippen molar-refractivity contribution in [3.05, 3.63) is 58.6 Å². The molecule has 0 saturated heterocycles. The summed E-state index contributed by atoms with van der Waals surface area (Å²) in [6, 6.07) is 11.8. The van der Waals surface area contributed by atoms with Crippen molar-refractivity contribution < 1.29 is 9.90 Å². The Kier molecular flexibility index (Phi) is 3.53. The topological polar surface area (TPSA) is 68.0 Å². The average Bonchev–Trinajstić information content (AvgIpc) is 3.06. The van der Waals surface area contributed by atoms with Crippen LogP contribution >= 0.6 is 11.3 Å². The van der Waals surface area contributed by atoms with Crippen LogP contribution in [0.5, 0.6) is 0 Å². The normalized spacial score (nSPS) is 10.7. The van der Waals surface area contributed by atoms with Crippen LogP contribution in [0.2, 0.25) is 0 Å². The van der Waals surface area contributed by atoms with E-state index < -0.39 is 5.97 Å². The zero-order valence-electron chi connectivity index (χ0n) is 11.4. The molecule has 106 valence electrons. The lowest BCUT2D eigenvalue weighted by atomic mass is 10.1. The molecule has 21 heavy (non-hydrogen) atoms. The third-order valence-electron chi connectivity index (χ3n) is 3.11. The highest BCUT2D eigenvalue weighted by Gasteiger charge is 2.21. The Labute approximate surface area is 125 Å². The van der Waals surface area contributed by atoms with Crippen molar-refractivity contribution in [2.24, 2.45) is 0 Å². The molecular formula is C15H13N3O2S. The molecule has 1 aromatic carbocycles. The van der Waals surface area contributed by atoms with E-state index in [1.54, 1.807) is 4.68 Å². The van der Waals surface area contributed by atoms with E-state index in [9.17, 15) is 9.90 Å². The second-order valence-corrected chi connectivity index (χ2v) is 5.66. The first-order chi connectivity index (χ1) is 10.1. The second kappa shape index (κ2) is 5.49. The molecule has 3 rings (SSSR count). The molecule has 0 radical (unpaired) electrons. The molecular weight excluding hydrogens is 286 g/mol. The van der Waals surface area contributed by atoms with Gasteiger partial charge in [-0.05, 0) is 23.9 Å². The number of aryl methyl sites for hydroxylation is 1. The van der Waals surface area contributed by atoms with Gasteiger partial charge in [-0.3, -0.25) is 0 Å². The van der Waals surface area contributed by atoms with E-state index in [1.165, 1.54) is 11.3 Å². The van der Waals surface area contributed by atoms with Gasteiger partial charge in [0.1, 0.15) is 5.69 Å². The van der Waals surface area contributed by atoms with Gasteiger partial charge in [0.15, 0.2) is 5.69 Å². The molecule has 6 heteroatoms. The minimum Gasteiger partial charge on any atom is -0.476 e. The largest absolute Gasteiger partial charge is 0.476 e. The number of hydrogen-bond acceptors (Lipinski definition) is 4. The van der Waals surface area contributed by atoms with Crippen molar-refractivity contribution in [2.75, 3.05) is 0 Å².